The van der Waals surface area contributed by atoms with E-state index in [1.165, 1.54) is 25.3 Å². The maximum atomic E-state index is 14.0. The molecule has 0 aliphatic heterocycles. The third-order valence-electron chi connectivity index (χ3n) is 4.44. The first-order valence-corrected chi connectivity index (χ1v) is 8.39. The minimum Gasteiger partial charge on any atom is -0.372 e. The van der Waals surface area contributed by atoms with Crippen LogP contribution in [-0.4, -0.2) is 19.6 Å². The number of alkyl halides is 3. The first kappa shape index (κ1) is 20.9. The van der Waals surface area contributed by atoms with Crippen LogP contribution in [0, 0.1) is 5.82 Å². The molecule has 0 aliphatic rings. The van der Waals surface area contributed by atoms with Crippen LogP contribution < -0.4 is 5.32 Å². The van der Waals surface area contributed by atoms with Crippen LogP contribution in [-0.2, 0) is 27.7 Å². The molecule has 2 rings (SSSR count). The summed E-state index contributed by atoms with van der Waals surface area (Å²) < 4.78 is 57.0. The molecule has 0 bridgehead atoms. The van der Waals surface area contributed by atoms with Gasteiger partial charge in [-0.2, -0.15) is 13.2 Å². The second-order valence-corrected chi connectivity index (χ2v) is 6.39. The summed E-state index contributed by atoms with van der Waals surface area (Å²) in [5, 5.41) is 2.70. The molecule has 0 spiro atoms. The summed E-state index contributed by atoms with van der Waals surface area (Å²) in [5.74, 6) is -0.727. The van der Waals surface area contributed by atoms with Crippen molar-refractivity contribution in [2.45, 2.75) is 31.5 Å². The molecule has 1 amide bonds. The van der Waals surface area contributed by atoms with E-state index in [9.17, 15) is 22.4 Å². The zero-order valence-electron chi connectivity index (χ0n) is 15.1. The molecule has 2 aromatic rings. The molecule has 0 fully saturated rings. The van der Waals surface area contributed by atoms with E-state index >= 15 is 0 Å². The fraction of sp³-hybridized carbons (Fsp3) is 0.350. The number of amides is 1. The van der Waals surface area contributed by atoms with Gasteiger partial charge in [0.15, 0.2) is 0 Å². The first-order chi connectivity index (χ1) is 12.7. The van der Waals surface area contributed by atoms with Crippen LogP contribution in [0.15, 0.2) is 48.5 Å². The summed E-state index contributed by atoms with van der Waals surface area (Å²) in [7, 11) is 1.43. The molecule has 3 nitrogen and oxygen atoms in total. The summed E-state index contributed by atoms with van der Waals surface area (Å²) in [4.78, 5) is 12.1. The van der Waals surface area contributed by atoms with Gasteiger partial charge in [0, 0.05) is 19.1 Å². The van der Waals surface area contributed by atoms with Gasteiger partial charge in [-0.1, -0.05) is 30.3 Å². The lowest BCUT2D eigenvalue weighted by Crippen LogP contribution is -2.40. The van der Waals surface area contributed by atoms with E-state index in [1.54, 1.807) is 25.1 Å². The van der Waals surface area contributed by atoms with Crippen LogP contribution in [0.3, 0.4) is 0 Å². The molecule has 146 valence electrons. The van der Waals surface area contributed by atoms with Gasteiger partial charge in [0.05, 0.1) is 12.1 Å². The van der Waals surface area contributed by atoms with E-state index in [4.69, 9.17) is 4.74 Å². The van der Waals surface area contributed by atoms with Gasteiger partial charge in [0.2, 0.25) is 5.91 Å². The standard InChI is InChI=1S/C20H21F4NO2/c1-19(27-2,16-5-3-4-6-17(16)21)13-25-18(26)12-9-14-7-10-15(11-8-14)20(22,23)24/h3-8,10-11H,9,12-13H2,1-2H3,(H,25,26)/t19-/m1/s1. The molecule has 0 saturated carbocycles. The Labute approximate surface area is 155 Å². The van der Waals surface area contributed by atoms with Crippen molar-refractivity contribution in [3.63, 3.8) is 0 Å². The highest BCUT2D eigenvalue weighted by Gasteiger charge is 2.30. The molecular formula is C20H21F4NO2. The predicted octanol–water partition coefficient (Wildman–Crippen LogP) is 4.46. The lowest BCUT2D eigenvalue weighted by molar-refractivity contribution is -0.137. The topological polar surface area (TPSA) is 38.3 Å². The monoisotopic (exact) mass is 383 g/mol. The van der Waals surface area contributed by atoms with Gasteiger partial charge in [-0.05, 0) is 37.1 Å². The summed E-state index contributed by atoms with van der Waals surface area (Å²) in [5.41, 5.74) is -0.802. The smallest absolute Gasteiger partial charge is 0.372 e. The number of methoxy groups -OCH3 is 1. The summed E-state index contributed by atoms with van der Waals surface area (Å²) in [6.45, 7) is 1.73. The van der Waals surface area contributed by atoms with Crippen molar-refractivity contribution in [2.24, 2.45) is 0 Å². The van der Waals surface area contributed by atoms with Gasteiger partial charge in [-0.3, -0.25) is 4.79 Å². The second-order valence-electron chi connectivity index (χ2n) is 6.39. The van der Waals surface area contributed by atoms with E-state index in [2.05, 4.69) is 5.32 Å². The van der Waals surface area contributed by atoms with E-state index in [1.807, 2.05) is 0 Å². The van der Waals surface area contributed by atoms with Crippen molar-refractivity contribution in [3.8, 4) is 0 Å². The first-order valence-electron chi connectivity index (χ1n) is 8.39. The Kier molecular flexibility index (Phi) is 6.59. The Morgan fingerprint density at radius 1 is 1.07 bits per heavy atom. The Morgan fingerprint density at radius 3 is 2.26 bits per heavy atom. The van der Waals surface area contributed by atoms with Crippen molar-refractivity contribution in [3.05, 3.63) is 71.0 Å². The number of rotatable bonds is 7. The highest BCUT2D eigenvalue weighted by molar-refractivity contribution is 5.76. The van der Waals surface area contributed by atoms with Gasteiger partial charge in [0.25, 0.3) is 0 Å². The van der Waals surface area contributed by atoms with Gasteiger partial charge in [-0.25, -0.2) is 4.39 Å². The maximum Gasteiger partial charge on any atom is 0.416 e. The molecule has 0 unspecified atom stereocenters. The number of halogens is 4. The zero-order chi connectivity index (χ0) is 20.1. The molecule has 2 aromatic carbocycles. The minimum atomic E-state index is -4.38. The molecule has 27 heavy (non-hydrogen) atoms. The third-order valence-corrected chi connectivity index (χ3v) is 4.44. The SMILES string of the molecule is CO[C@](C)(CNC(=O)CCc1ccc(C(F)(F)F)cc1)c1ccccc1F. The number of hydrogen-bond acceptors (Lipinski definition) is 2. The van der Waals surface area contributed by atoms with Crippen molar-refractivity contribution in [2.75, 3.05) is 13.7 Å². The molecule has 0 aliphatic carbocycles. The van der Waals surface area contributed by atoms with Gasteiger partial charge in [0.1, 0.15) is 11.4 Å². The van der Waals surface area contributed by atoms with Crippen LogP contribution >= 0.6 is 0 Å². The third kappa shape index (κ3) is 5.53. The van der Waals surface area contributed by atoms with Crippen molar-refractivity contribution < 1.29 is 27.1 Å². The minimum absolute atomic E-state index is 0.0658. The number of ether oxygens (including phenoxy) is 1. The van der Waals surface area contributed by atoms with Crippen LogP contribution in [0.1, 0.15) is 30.0 Å². The largest absolute Gasteiger partial charge is 0.416 e. The van der Waals surface area contributed by atoms with Gasteiger partial charge < -0.3 is 10.1 Å². The van der Waals surface area contributed by atoms with E-state index < -0.39 is 23.2 Å². The number of carbonyl (C=O) groups is 1. The normalized spacial score (nSPS) is 13.9. The summed E-state index contributed by atoms with van der Waals surface area (Å²) in [6.07, 6.45) is -3.98. The number of aryl methyl sites for hydroxylation is 1. The predicted molar refractivity (Wildman–Crippen MR) is 93.5 cm³/mol. The highest BCUT2D eigenvalue weighted by Crippen LogP contribution is 2.29. The van der Waals surface area contributed by atoms with Crippen LogP contribution in [0.4, 0.5) is 17.6 Å². The molecule has 1 atom stereocenters. The van der Waals surface area contributed by atoms with Gasteiger partial charge in [-0.15, -0.1) is 0 Å². The number of nitrogens with one attached hydrogen (secondary N) is 1. The van der Waals surface area contributed by atoms with E-state index in [-0.39, 0.29) is 18.9 Å². The Morgan fingerprint density at radius 2 is 1.70 bits per heavy atom. The number of hydrogen-bond donors (Lipinski definition) is 1. The van der Waals surface area contributed by atoms with Crippen molar-refractivity contribution in [1.82, 2.24) is 5.32 Å². The molecule has 0 radical (unpaired) electrons. The summed E-state index contributed by atoms with van der Waals surface area (Å²) in [6, 6.07) is 10.9. The molecule has 1 N–H and O–H groups in total. The Bertz CT molecular complexity index is 774. The fourth-order valence-corrected chi connectivity index (χ4v) is 2.64. The highest BCUT2D eigenvalue weighted by atomic mass is 19.4. The van der Waals surface area contributed by atoms with E-state index in [0.717, 1.165) is 12.1 Å². The zero-order valence-corrected chi connectivity index (χ0v) is 15.1. The average molecular weight is 383 g/mol. The molecule has 0 aromatic heterocycles. The van der Waals surface area contributed by atoms with Crippen molar-refractivity contribution >= 4 is 5.91 Å². The van der Waals surface area contributed by atoms with Crippen LogP contribution in [0.2, 0.25) is 0 Å². The molecular weight excluding hydrogens is 362 g/mol. The van der Waals surface area contributed by atoms with Crippen LogP contribution in [0.25, 0.3) is 0 Å². The van der Waals surface area contributed by atoms with Crippen LogP contribution in [0.5, 0.6) is 0 Å². The summed E-state index contributed by atoms with van der Waals surface area (Å²) >= 11 is 0. The second kappa shape index (κ2) is 8.52. The quantitative estimate of drug-likeness (QED) is 0.717. The Balaban J connectivity index is 1.91. The lowest BCUT2D eigenvalue weighted by Gasteiger charge is -2.29. The fourth-order valence-electron chi connectivity index (χ4n) is 2.64. The molecule has 0 saturated heterocycles. The molecule has 7 heteroatoms. The van der Waals surface area contributed by atoms with Gasteiger partial charge >= 0.3 is 6.18 Å². The maximum absolute atomic E-state index is 14.0. The average Bonchev–Trinajstić information content (AvgIpc) is 2.64. The van der Waals surface area contributed by atoms with Crippen molar-refractivity contribution in [1.29, 1.82) is 0 Å². The Hall–Kier alpha value is -2.41. The lowest BCUT2D eigenvalue weighted by atomic mass is 9.95. The molecule has 0 heterocycles. The number of benzene rings is 2. The number of carbonyl (C=O) groups excluding carboxylic acids is 1. The van der Waals surface area contributed by atoms with E-state index in [0.29, 0.717) is 17.5 Å².